The number of nitrogens with one attached hydrogen (secondary N) is 2. The summed E-state index contributed by atoms with van der Waals surface area (Å²) >= 11 is 0. The summed E-state index contributed by atoms with van der Waals surface area (Å²) in [5, 5.41) is 6.31. The number of aryl methyl sites for hydroxylation is 2. The van der Waals surface area contributed by atoms with Crippen molar-refractivity contribution in [1.29, 1.82) is 0 Å². The number of amides is 1. The highest BCUT2D eigenvalue weighted by Gasteiger charge is 2.19. The Bertz CT molecular complexity index is 708. The molecule has 1 heterocycles. The van der Waals surface area contributed by atoms with Crippen molar-refractivity contribution in [2.75, 3.05) is 5.32 Å². The van der Waals surface area contributed by atoms with E-state index in [4.69, 9.17) is 0 Å². The first-order chi connectivity index (χ1) is 11.1. The van der Waals surface area contributed by atoms with Crippen LogP contribution in [0.5, 0.6) is 0 Å². The number of anilines is 2. The average Bonchev–Trinajstić information content (AvgIpc) is 3.03. The number of nitrogens with zero attached hydrogens (tertiary/aromatic N) is 2. The van der Waals surface area contributed by atoms with Gasteiger partial charge in [-0.2, -0.15) is 0 Å². The van der Waals surface area contributed by atoms with Crippen LogP contribution in [0.1, 0.15) is 47.3 Å². The van der Waals surface area contributed by atoms with Gasteiger partial charge in [-0.1, -0.05) is 30.5 Å². The molecule has 120 valence electrons. The summed E-state index contributed by atoms with van der Waals surface area (Å²) in [5.74, 6) is 0.506. The van der Waals surface area contributed by atoms with E-state index in [0.717, 1.165) is 24.1 Å². The van der Waals surface area contributed by atoms with Crippen LogP contribution in [0.3, 0.4) is 0 Å². The molecule has 0 radical (unpaired) electrons. The molecule has 0 aliphatic heterocycles. The molecule has 1 aromatic carbocycles. The Morgan fingerprint density at radius 2 is 1.91 bits per heavy atom. The molecule has 5 heteroatoms. The van der Waals surface area contributed by atoms with Gasteiger partial charge < -0.3 is 10.6 Å². The fourth-order valence-electron chi connectivity index (χ4n) is 2.97. The van der Waals surface area contributed by atoms with E-state index in [-0.39, 0.29) is 11.9 Å². The third kappa shape index (κ3) is 3.86. The molecule has 0 atom stereocenters. The first-order valence-corrected chi connectivity index (χ1v) is 8.09. The molecule has 1 amide bonds. The zero-order valence-electron chi connectivity index (χ0n) is 13.6. The van der Waals surface area contributed by atoms with Crippen LogP contribution in [0, 0.1) is 13.8 Å². The van der Waals surface area contributed by atoms with Crippen LogP contribution < -0.4 is 10.6 Å². The topological polar surface area (TPSA) is 66.9 Å². The highest BCUT2D eigenvalue weighted by molar-refractivity contribution is 5.93. The molecule has 2 aromatic rings. The Labute approximate surface area is 136 Å². The monoisotopic (exact) mass is 310 g/mol. The van der Waals surface area contributed by atoms with E-state index in [2.05, 4.69) is 33.6 Å². The van der Waals surface area contributed by atoms with Gasteiger partial charge in [-0.3, -0.25) is 4.79 Å². The van der Waals surface area contributed by atoms with Gasteiger partial charge in [0, 0.05) is 17.8 Å². The van der Waals surface area contributed by atoms with Crippen molar-refractivity contribution in [2.24, 2.45) is 0 Å². The third-order valence-electron chi connectivity index (χ3n) is 4.23. The van der Waals surface area contributed by atoms with Gasteiger partial charge in [-0.15, -0.1) is 0 Å². The molecule has 0 saturated heterocycles. The molecule has 1 aliphatic carbocycles. The maximum Gasteiger partial charge on any atom is 0.270 e. The molecule has 1 fully saturated rings. The highest BCUT2D eigenvalue weighted by Crippen LogP contribution is 2.21. The SMILES string of the molecule is Cc1ccc(Nc2cc(C(=O)NC3CCCC3)ncn2)c(C)c1. The number of carbonyl (C=O) groups is 1. The van der Waals surface area contributed by atoms with E-state index < -0.39 is 0 Å². The number of aromatic nitrogens is 2. The van der Waals surface area contributed by atoms with Gasteiger partial charge in [0.2, 0.25) is 0 Å². The van der Waals surface area contributed by atoms with Gasteiger partial charge in [0.05, 0.1) is 0 Å². The Kier molecular flexibility index (Phi) is 4.55. The normalized spacial score (nSPS) is 14.7. The zero-order valence-corrected chi connectivity index (χ0v) is 13.6. The summed E-state index contributed by atoms with van der Waals surface area (Å²) in [6, 6.07) is 8.16. The molecule has 1 saturated carbocycles. The second-order valence-electron chi connectivity index (χ2n) is 6.19. The lowest BCUT2D eigenvalue weighted by Crippen LogP contribution is -2.33. The largest absolute Gasteiger partial charge is 0.348 e. The lowest BCUT2D eigenvalue weighted by molar-refractivity contribution is 0.0932. The van der Waals surface area contributed by atoms with Crippen molar-refractivity contribution in [2.45, 2.75) is 45.6 Å². The molecule has 2 N–H and O–H groups in total. The summed E-state index contributed by atoms with van der Waals surface area (Å²) < 4.78 is 0. The number of hydrogen-bond donors (Lipinski definition) is 2. The number of rotatable bonds is 4. The minimum Gasteiger partial charge on any atom is -0.348 e. The fourth-order valence-corrected chi connectivity index (χ4v) is 2.97. The molecule has 0 bridgehead atoms. The quantitative estimate of drug-likeness (QED) is 0.907. The highest BCUT2D eigenvalue weighted by atomic mass is 16.1. The van der Waals surface area contributed by atoms with E-state index >= 15 is 0 Å². The fraction of sp³-hybridized carbons (Fsp3) is 0.389. The van der Waals surface area contributed by atoms with Crippen molar-refractivity contribution in [3.05, 3.63) is 47.4 Å². The number of benzene rings is 1. The van der Waals surface area contributed by atoms with Crippen molar-refractivity contribution in [1.82, 2.24) is 15.3 Å². The zero-order chi connectivity index (χ0) is 16.2. The predicted molar refractivity (Wildman–Crippen MR) is 91.0 cm³/mol. The summed E-state index contributed by atoms with van der Waals surface area (Å²) in [5.41, 5.74) is 3.74. The smallest absolute Gasteiger partial charge is 0.270 e. The summed E-state index contributed by atoms with van der Waals surface area (Å²) in [6.07, 6.45) is 5.92. The number of carbonyl (C=O) groups excluding carboxylic acids is 1. The minimum absolute atomic E-state index is 0.122. The van der Waals surface area contributed by atoms with Gasteiger partial charge >= 0.3 is 0 Å². The maximum atomic E-state index is 12.3. The van der Waals surface area contributed by atoms with Crippen LogP contribution in [0.25, 0.3) is 0 Å². The van der Waals surface area contributed by atoms with E-state index in [1.54, 1.807) is 6.07 Å². The maximum absolute atomic E-state index is 12.3. The van der Waals surface area contributed by atoms with Gasteiger partial charge in [0.1, 0.15) is 17.8 Å². The van der Waals surface area contributed by atoms with Crippen molar-refractivity contribution in [3.63, 3.8) is 0 Å². The van der Waals surface area contributed by atoms with Gasteiger partial charge in [-0.05, 0) is 38.3 Å². The molecule has 5 nitrogen and oxygen atoms in total. The van der Waals surface area contributed by atoms with Crippen molar-refractivity contribution >= 4 is 17.4 Å². The Morgan fingerprint density at radius 1 is 1.13 bits per heavy atom. The first kappa shape index (κ1) is 15.5. The Balaban J connectivity index is 1.72. The third-order valence-corrected chi connectivity index (χ3v) is 4.23. The summed E-state index contributed by atoms with van der Waals surface area (Å²) in [7, 11) is 0. The lowest BCUT2D eigenvalue weighted by atomic mass is 10.1. The van der Waals surface area contributed by atoms with E-state index in [1.807, 2.05) is 19.1 Å². The molecular formula is C18H22N4O. The molecule has 23 heavy (non-hydrogen) atoms. The van der Waals surface area contributed by atoms with E-state index in [0.29, 0.717) is 11.5 Å². The Morgan fingerprint density at radius 3 is 2.65 bits per heavy atom. The van der Waals surface area contributed by atoms with Crippen LogP contribution in [0.2, 0.25) is 0 Å². The van der Waals surface area contributed by atoms with Crippen LogP contribution in [0.4, 0.5) is 11.5 Å². The van der Waals surface area contributed by atoms with Crippen LogP contribution in [-0.4, -0.2) is 21.9 Å². The molecule has 0 spiro atoms. The first-order valence-electron chi connectivity index (χ1n) is 8.09. The molecule has 3 rings (SSSR count). The molecule has 0 unspecified atom stereocenters. The number of hydrogen-bond acceptors (Lipinski definition) is 4. The van der Waals surface area contributed by atoms with Crippen molar-refractivity contribution < 1.29 is 4.79 Å². The standard InChI is InChI=1S/C18H22N4O/c1-12-7-8-15(13(2)9-12)22-17-10-16(19-11-20-17)18(23)21-14-5-3-4-6-14/h7-11,14H,3-6H2,1-2H3,(H,21,23)(H,19,20,22). The van der Waals surface area contributed by atoms with Crippen LogP contribution in [0.15, 0.2) is 30.6 Å². The van der Waals surface area contributed by atoms with E-state index in [9.17, 15) is 4.79 Å². The molecular weight excluding hydrogens is 288 g/mol. The minimum atomic E-state index is -0.122. The van der Waals surface area contributed by atoms with Crippen molar-refractivity contribution in [3.8, 4) is 0 Å². The summed E-state index contributed by atoms with van der Waals surface area (Å²) in [6.45, 7) is 4.11. The van der Waals surface area contributed by atoms with Crippen LogP contribution >= 0.6 is 0 Å². The second kappa shape index (κ2) is 6.77. The second-order valence-corrected chi connectivity index (χ2v) is 6.19. The van der Waals surface area contributed by atoms with Crippen LogP contribution in [-0.2, 0) is 0 Å². The lowest BCUT2D eigenvalue weighted by Gasteiger charge is -2.12. The van der Waals surface area contributed by atoms with Gasteiger partial charge in [0.25, 0.3) is 5.91 Å². The summed E-state index contributed by atoms with van der Waals surface area (Å²) in [4.78, 5) is 20.6. The van der Waals surface area contributed by atoms with Gasteiger partial charge in [-0.25, -0.2) is 9.97 Å². The molecule has 1 aromatic heterocycles. The average molecular weight is 310 g/mol. The molecule has 1 aliphatic rings. The van der Waals surface area contributed by atoms with Gasteiger partial charge in [0.15, 0.2) is 0 Å². The van der Waals surface area contributed by atoms with E-state index in [1.165, 1.54) is 24.7 Å². The Hall–Kier alpha value is -2.43. The predicted octanol–water partition coefficient (Wildman–Crippen LogP) is 3.51.